The maximum Gasteiger partial charge on any atom is 0.348 e. The minimum Gasteiger partial charge on any atom is -0.328 e. The topological polar surface area (TPSA) is 76.7 Å². The van der Waals surface area contributed by atoms with Crippen molar-refractivity contribution in [3.8, 4) is 5.69 Å². The number of aromatic amines is 1. The number of rotatable bonds is 4. The SMILES string of the molecule is Cc1ccc2c(c1)CCc1cc(C)ccc1C2(C[C@H](C)N)c1nn(-c2ccc(F)cc2)c(=O)[nH]1. The second kappa shape index (κ2) is 8.37. The lowest BCUT2D eigenvalue weighted by molar-refractivity contribution is 0.474. The van der Waals surface area contributed by atoms with E-state index in [1.807, 2.05) is 6.92 Å². The zero-order valence-electron chi connectivity index (χ0n) is 19.7. The lowest BCUT2D eigenvalue weighted by Crippen LogP contribution is -2.38. The van der Waals surface area contributed by atoms with Gasteiger partial charge in [0.1, 0.15) is 11.6 Å². The number of H-pyrrole nitrogens is 1. The third-order valence-electron chi connectivity index (χ3n) is 6.83. The molecule has 6 heteroatoms. The summed E-state index contributed by atoms with van der Waals surface area (Å²) in [4.78, 5) is 16.2. The fourth-order valence-corrected chi connectivity index (χ4v) is 5.43. The molecule has 0 amide bonds. The number of halogens is 1. The molecule has 3 N–H and O–H groups in total. The normalized spacial score (nSPS) is 15.3. The van der Waals surface area contributed by atoms with Crippen LogP contribution in [-0.2, 0) is 18.3 Å². The van der Waals surface area contributed by atoms with E-state index in [9.17, 15) is 9.18 Å². The number of nitrogens with zero attached hydrogens (tertiary/aromatic N) is 2. The van der Waals surface area contributed by atoms with Crippen molar-refractivity contribution in [2.75, 3.05) is 0 Å². The predicted octanol–water partition coefficient (Wildman–Crippen LogP) is 4.49. The third-order valence-corrected chi connectivity index (χ3v) is 6.83. The van der Waals surface area contributed by atoms with Crippen molar-refractivity contribution in [1.29, 1.82) is 0 Å². The number of nitrogens with one attached hydrogen (secondary N) is 1. The van der Waals surface area contributed by atoms with E-state index in [4.69, 9.17) is 10.8 Å². The number of nitrogens with two attached hydrogens (primary N) is 1. The first kappa shape index (κ1) is 22.3. The van der Waals surface area contributed by atoms with E-state index in [0.717, 1.165) is 24.0 Å². The minimum atomic E-state index is -0.721. The van der Waals surface area contributed by atoms with Crippen molar-refractivity contribution < 1.29 is 4.39 Å². The van der Waals surface area contributed by atoms with Crippen LogP contribution in [0.2, 0.25) is 0 Å². The summed E-state index contributed by atoms with van der Waals surface area (Å²) in [7, 11) is 0. The molecule has 0 aliphatic heterocycles. The fourth-order valence-electron chi connectivity index (χ4n) is 5.43. The van der Waals surface area contributed by atoms with Crippen LogP contribution in [-0.4, -0.2) is 20.8 Å². The van der Waals surface area contributed by atoms with E-state index in [1.54, 1.807) is 12.1 Å². The average Bonchev–Trinajstić information content (AvgIpc) is 3.13. The van der Waals surface area contributed by atoms with Gasteiger partial charge in [0.2, 0.25) is 0 Å². The summed E-state index contributed by atoms with van der Waals surface area (Å²) in [6.07, 6.45) is 2.38. The standard InChI is InChI=1S/C28H29FN4O/c1-17-4-12-24-20(14-17)6-7-21-15-18(2)5-13-25(21)28(24,16-19(3)30)26-31-27(34)33(32-26)23-10-8-22(29)9-11-23/h4-5,8-15,19H,6-7,16,30H2,1-3H3,(H,31,32,34)/t19-/m0/s1. The fraction of sp³-hybridized carbons (Fsp3) is 0.286. The van der Waals surface area contributed by atoms with Crippen molar-refractivity contribution in [1.82, 2.24) is 14.8 Å². The van der Waals surface area contributed by atoms with Gasteiger partial charge in [-0.05, 0) is 86.6 Å². The molecule has 0 radical (unpaired) electrons. The largest absolute Gasteiger partial charge is 0.348 e. The van der Waals surface area contributed by atoms with Crippen molar-refractivity contribution in [3.63, 3.8) is 0 Å². The first-order chi connectivity index (χ1) is 16.3. The Hall–Kier alpha value is -3.51. The van der Waals surface area contributed by atoms with Crippen LogP contribution >= 0.6 is 0 Å². The Labute approximate surface area is 198 Å². The molecule has 0 fully saturated rings. The minimum absolute atomic E-state index is 0.152. The van der Waals surface area contributed by atoms with Crippen LogP contribution in [0.25, 0.3) is 5.69 Å². The summed E-state index contributed by atoms with van der Waals surface area (Å²) < 4.78 is 14.8. The lowest BCUT2D eigenvalue weighted by Gasteiger charge is -2.36. The molecule has 3 aromatic carbocycles. The van der Waals surface area contributed by atoms with Gasteiger partial charge in [0.05, 0.1) is 11.1 Å². The molecule has 0 unspecified atom stereocenters. The van der Waals surface area contributed by atoms with E-state index in [-0.39, 0.29) is 17.5 Å². The first-order valence-electron chi connectivity index (χ1n) is 11.7. The second-order valence-corrected chi connectivity index (χ2v) is 9.57. The van der Waals surface area contributed by atoms with Crippen LogP contribution in [0.5, 0.6) is 0 Å². The van der Waals surface area contributed by atoms with Gasteiger partial charge in [0.25, 0.3) is 0 Å². The molecule has 0 spiro atoms. The van der Waals surface area contributed by atoms with Crippen molar-refractivity contribution in [3.05, 3.63) is 116 Å². The van der Waals surface area contributed by atoms with Crippen molar-refractivity contribution >= 4 is 0 Å². The molecule has 0 saturated carbocycles. The maximum atomic E-state index is 13.5. The van der Waals surface area contributed by atoms with Crippen molar-refractivity contribution in [2.45, 2.75) is 51.5 Å². The molecule has 4 aromatic rings. The third kappa shape index (κ3) is 3.68. The molecule has 5 rings (SSSR count). The van der Waals surface area contributed by atoms with Gasteiger partial charge in [0.15, 0.2) is 0 Å². The van der Waals surface area contributed by atoms with E-state index in [1.165, 1.54) is 39.1 Å². The Bertz CT molecular complexity index is 1360. The highest BCUT2D eigenvalue weighted by atomic mass is 19.1. The number of aromatic nitrogens is 3. The summed E-state index contributed by atoms with van der Waals surface area (Å²) in [6, 6.07) is 18.6. The van der Waals surface area contributed by atoms with Crippen LogP contribution in [0.3, 0.4) is 0 Å². The first-order valence-corrected chi connectivity index (χ1v) is 11.7. The van der Waals surface area contributed by atoms with Gasteiger partial charge in [-0.25, -0.2) is 9.18 Å². The predicted molar refractivity (Wildman–Crippen MR) is 132 cm³/mol. The maximum absolute atomic E-state index is 13.5. The van der Waals surface area contributed by atoms with E-state index >= 15 is 0 Å². The zero-order valence-corrected chi connectivity index (χ0v) is 19.7. The highest BCUT2D eigenvalue weighted by molar-refractivity contribution is 5.56. The summed E-state index contributed by atoms with van der Waals surface area (Å²) >= 11 is 0. The summed E-state index contributed by atoms with van der Waals surface area (Å²) in [5, 5.41) is 4.81. The average molecular weight is 457 g/mol. The number of benzene rings is 3. The summed E-state index contributed by atoms with van der Waals surface area (Å²) in [6.45, 7) is 6.19. The molecule has 0 saturated heterocycles. The molecule has 34 heavy (non-hydrogen) atoms. The Morgan fingerprint density at radius 1 is 1.00 bits per heavy atom. The van der Waals surface area contributed by atoms with E-state index in [2.05, 4.69) is 55.2 Å². The molecular formula is C28H29FN4O. The molecule has 1 atom stereocenters. The zero-order chi connectivity index (χ0) is 24.0. The molecule has 1 aliphatic rings. The van der Waals surface area contributed by atoms with Crippen LogP contribution in [0.1, 0.15) is 52.5 Å². The van der Waals surface area contributed by atoms with Crippen LogP contribution in [0, 0.1) is 19.7 Å². The van der Waals surface area contributed by atoms with Gasteiger partial charge < -0.3 is 5.73 Å². The Balaban J connectivity index is 1.84. The highest BCUT2D eigenvalue weighted by Gasteiger charge is 2.44. The van der Waals surface area contributed by atoms with Gasteiger partial charge >= 0.3 is 5.69 Å². The van der Waals surface area contributed by atoms with E-state index < -0.39 is 5.41 Å². The van der Waals surface area contributed by atoms with Gasteiger partial charge in [0, 0.05) is 6.04 Å². The van der Waals surface area contributed by atoms with Gasteiger partial charge in [-0.1, -0.05) is 47.5 Å². The monoisotopic (exact) mass is 456 g/mol. The van der Waals surface area contributed by atoms with E-state index in [0.29, 0.717) is 17.9 Å². The van der Waals surface area contributed by atoms with Gasteiger partial charge in [-0.2, -0.15) is 4.68 Å². The Kier molecular flexibility index (Phi) is 5.48. The van der Waals surface area contributed by atoms with Gasteiger partial charge in [-0.15, -0.1) is 5.10 Å². The number of fused-ring (bicyclic) bond motifs is 2. The number of hydrogen-bond donors (Lipinski definition) is 2. The lowest BCUT2D eigenvalue weighted by atomic mass is 9.68. The molecule has 0 bridgehead atoms. The Morgan fingerprint density at radius 2 is 1.56 bits per heavy atom. The van der Waals surface area contributed by atoms with Crippen LogP contribution < -0.4 is 11.4 Å². The molecule has 1 aliphatic carbocycles. The summed E-state index contributed by atoms with van der Waals surface area (Å²) in [5.74, 6) is 0.189. The quantitative estimate of drug-likeness (QED) is 0.475. The highest BCUT2D eigenvalue weighted by Crippen LogP contribution is 2.46. The second-order valence-electron chi connectivity index (χ2n) is 9.57. The Morgan fingerprint density at radius 3 is 2.09 bits per heavy atom. The molecular weight excluding hydrogens is 427 g/mol. The molecule has 1 aromatic heterocycles. The molecule has 1 heterocycles. The van der Waals surface area contributed by atoms with Crippen LogP contribution in [0.15, 0.2) is 65.5 Å². The smallest absolute Gasteiger partial charge is 0.328 e. The van der Waals surface area contributed by atoms with Crippen LogP contribution in [0.4, 0.5) is 4.39 Å². The number of hydrogen-bond acceptors (Lipinski definition) is 3. The van der Waals surface area contributed by atoms with Crippen molar-refractivity contribution in [2.24, 2.45) is 5.73 Å². The molecule has 5 nitrogen and oxygen atoms in total. The van der Waals surface area contributed by atoms with Gasteiger partial charge in [-0.3, -0.25) is 4.98 Å². The summed E-state index contributed by atoms with van der Waals surface area (Å²) in [5.41, 5.74) is 13.0. The molecule has 174 valence electrons. The number of aryl methyl sites for hydroxylation is 4.